The van der Waals surface area contributed by atoms with Gasteiger partial charge >= 0.3 is 0 Å². The molecule has 2 fully saturated rings. The molecule has 0 bridgehead atoms. The summed E-state index contributed by atoms with van der Waals surface area (Å²) < 4.78 is 60.9. The second-order valence-electron chi connectivity index (χ2n) is 22.4. The van der Waals surface area contributed by atoms with Crippen LogP contribution in [0, 0.1) is 22.7 Å². The van der Waals surface area contributed by atoms with Gasteiger partial charge in [-0.25, -0.2) is 22.2 Å². The van der Waals surface area contributed by atoms with Crippen LogP contribution >= 0.6 is 23.2 Å². The Balaban J connectivity index is 0.912. The number of amides is 1. The van der Waals surface area contributed by atoms with Crippen LogP contribution in [0.15, 0.2) is 187 Å². The fourth-order valence-electron chi connectivity index (χ4n) is 11.9. The molecule has 0 unspecified atom stereocenters. The lowest BCUT2D eigenvalue weighted by Crippen LogP contribution is -2.47. The lowest BCUT2D eigenvalue weighted by Gasteiger charge is -2.39. The van der Waals surface area contributed by atoms with Gasteiger partial charge in [0.05, 0.1) is 38.7 Å². The Kier molecular flexibility index (Phi) is 15.9. The molecular formula is C66H63Cl2FN6O5S. The van der Waals surface area contributed by atoms with Crippen LogP contribution in [0.25, 0.3) is 16.5 Å². The number of carbonyl (C=O) groups excluding carboxylic acids is 1. The van der Waals surface area contributed by atoms with Gasteiger partial charge in [0.2, 0.25) is 0 Å². The van der Waals surface area contributed by atoms with E-state index in [0.29, 0.717) is 37.1 Å². The number of piperazine rings is 1. The largest absolute Gasteiger partial charge is 0.489 e. The molecule has 2 aliphatic carbocycles. The van der Waals surface area contributed by atoms with Crippen molar-refractivity contribution in [3.8, 4) is 23.3 Å². The number of anilines is 1. The molecule has 15 heteroatoms. The Labute approximate surface area is 483 Å². The van der Waals surface area contributed by atoms with Gasteiger partial charge in [0.1, 0.15) is 35.1 Å². The van der Waals surface area contributed by atoms with Gasteiger partial charge in [-0.1, -0.05) is 152 Å². The van der Waals surface area contributed by atoms with Gasteiger partial charge in [-0.05, 0) is 133 Å². The molecule has 1 aromatic heterocycles. The van der Waals surface area contributed by atoms with Gasteiger partial charge in [0.25, 0.3) is 15.9 Å². The first-order valence-corrected chi connectivity index (χ1v) is 29.8. The summed E-state index contributed by atoms with van der Waals surface area (Å²) in [7, 11) is -4.54. The molecular weight excluding hydrogens is 1080 g/mol. The summed E-state index contributed by atoms with van der Waals surface area (Å²) in [6, 6.07) is 55.9. The van der Waals surface area contributed by atoms with E-state index >= 15 is 4.39 Å². The number of halogens is 3. The van der Waals surface area contributed by atoms with Crippen molar-refractivity contribution >= 4 is 61.3 Å². The van der Waals surface area contributed by atoms with Gasteiger partial charge in [-0.3, -0.25) is 9.69 Å². The second-order valence-corrected chi connectivity index (χ2v) is 24.9. The number of fused-ring (bicyclic) bond motifs is 1. The Bertz CT molecular complexity index is 3670. The Morgan fingerprint density at radius 2 is 1.41 bits per heavy atom. The van der Waals surface area contributed by atoms with Crippen LogP contribution in [0.1, 0.15) is 91.4 Å². The monoisotopic (exact) mass is 1140 g/mol. The van der Waals surface area contributed by atoms with Crippen molar-refractivity contribution in [1.82, 2.24) is 19.4 Å². The summed E-state index contributed by atoms with van der Waals surface area (Å²) in [4.78, 5) is 19.1. The molecule has 11 rings (SSSR count). The van der Waals surface area contributed by atoms with Crippen molar-refractivity contribution in [3.63, 3.8) is 0 Å². The average Bonchev–Trinajstić information content (AvgIpc) is 4.19. The maximum Gasteiger partial charge on any atom is 0.268 e. The third kappa shape index (κ3) is 11.7. The van der Waals surface area contributed by atoms with Crippen LogP contribution in [0.2, 0.25) is 10.0 Å². The van der Waals surface area contributed by atoms with Crippen LogP contribution in [0.4, 0.5) is 10.1 Å². The van der Waals surface area contributed by atoms with Crippen LogP contribution in [-0.4, -0.2) is 74.0 Å². The number of carbonyl (C=O) groups is 1. The Morgan fingerprint density at radius 3 is 2.02 bits per heavy atom. The number of aromatic nitrogens is 2. The van der Waals surface area contributed by atoms with E-state index in [1.165, 1.54) is 34.9 Å². The van der Waals surface area contributed by atoms with Gasteiger partial charge in [0.15, 0.2) is 0 Å². The molecule has 0 spiro atoms. The van der Waals surface area contributed by atoms with Crippen molar-refractivity contribution in [2.24, 2.45) is 11.3 Å². The molecule has 414 valence electrons. The highest BCUT2D eigenvalue weighted by molar-refractivity contribution is 7.90. The molecule has 1 amide bonds. The van der Waals surface area contributed by atoms with Crippen molar-refractivity contribution in [2.45, 2.75) is 74.9 Å². The molecule has 81 heavy (non-hydrogen) atoms. The van der Waals surface area contributed by atoms with Crippen LogP contribution in [-0.2, 0) is 15.6 Å². The summed E-state index contributed by atoms with van der Waals surface area (Å²) in [5.41, 5.74) is 6.20. The number of rotatable bonds is 16. The fraction of sp³-hybridized carbons (Fsp3) is 0.288. The number of hydrogen-bond donors (Lipinski definition) is 1. The summed E-state index contributed by atoms with van der Waals surface area (Å²) in [6.07, 6.45) is 6.12. The minimum Gasteiger partial charge on any atom is -0.489 e. The first-order chi connectivity index (χ1) is 39.1. The standard InChI is InChI=1S/C66H63Cl2FN6O5S/c1-64(2)32-31-48(56(41-64)47-21-23-52(67)24-22-47)44-73-35-37-74(38-36-73)53-25-27-55(63(76)72-81(77,78)54-26-28-61(58(68)40-54)79-45-65(69)33-29-46(42-70)30-34-65)62(39-53)80-60-20-12-19-59-57(60)43-71-75(59)66(49-13-6-3-7-14-49,50-15-8-4-9-16-50)51-17-10-5-11-18-51/h3-28,39-40,43,46H,29-38,41,44-45H2,1-2H3,(H,72,76). The van der Waals surface area contributed by atoms with Gasteiger partial charge < -0.3 is 14.4 Å². The summed E-state index contributed by atoms with van der Waals surface area (Å²) in [5, 5.41) is 15.8. The Morgan fingerprint density at radius 1 is 0.765 bits per heavy atom. The number of nitriles is 1. The van der Waals surface area contributed by atoms with Gasteiger partial charge in [0, 0.05) is 55.4 Å². The van der Waals surface area contributed by atoms with E-state index in [2.05, 4.69) is 83.0 Å². The number of benzene rings is 7. The number of allylic oxidation sites excluding steroid dienone is 1. The molecule has 3 aliphatic rings. The zero-order valence-electron chi connectivity index (χ0n) is 45.3. The predicted molar refractivity (Wildman–Crippen MR) is 319 cm³/mol. The minimum atomic E-state index is -4.54. The number of hydrogen-bond acceptors (Lipinski definition) is 9. The molecule has 2 heterocycles. The number of sulfonamides is 1. The predicted octanol–water partition coefficient (Wildman–Crippen LogP) is 14.7. The molecule has 1 saturated carbocycles. The van der Waals surface area contributed by atoms with Crippen LogP contribution in [0.3, 0.4) is 0 Å². The number of alkyl halides is 1. The lowest BCUT2D eigenvalue weighted by atomic mass is 9.72. The van der Waals surface area contributed by atoms with Gasteiger partial charge in [-0.15, -0.1) is 0 Å². The first-order valence-electron chi connectivity index (χ1n) is 27.6. The minimum absolute atomic E-state index is 0.0233. The number of ether oxygens (including phenoxy) is 2. The van der Waals surface area contributed by atoms with E-state index in [0.717, 1.165) is 71.8 Å². The Hall–Kier alpha value is -7.47. The van der Waals surface area contributed by atoms with Crippen LogP contribution < -0.4 is 19.1 Å². The topological polar surface area (TPSA) is 130 Å². The third-order valence-corrected chi connectivity index (χ3v) is 18.3. The molecule has 1 aliphatic heterocycles. The highest BCUT2D eigenvalue weighted by atomic mass is 35.5. The summed E-state index contributed by atoms with van der Waals surface area (Å²) in [6.45, 7) is 8.25. The van der Waals surface area contributed by atoms with E-state index in [9.17, 15) is 18.5 Å². The normalized spacial score (nSPS) is 18.8. The highest BCUT2D eigenvalue weighted by Gasteiger charge is 2.41. The molecule has 1 N–H and O–H groups in total. The number of nitrogens with zero attached hydrogens (tertiary/aromatic N) is 5. The van der Waals surface area contributed by atoms with Gasteiger partial charge in [-0.2, -0.15) is 10.4 Å². The van der Waals surface area contributed by atoms with Crippen molar-refractivity contribution < 1.29 is 27.1 Å². The molecule has 0 atom stereocenters. The quantitative estimate of drug-likeness (QED) is 0.0940. The van der Waals surface area contributed by atoms with Crippen molar-refractivity contribution in [1.29, 1.82) is 5.26 Å². The zero-order chi connectivity index (χ0) is 56.4. The molecule has 7 aromatic carbocycles. The smallest absolute Gasteiger partial charge is 0.268 e. The van der Waals surface area contributed by atoms with E-state index in [1.807, 2.05) is 95.7 Å². The first kappa shape index (κ1) is 55.4. The van der Waals surface area contributed by atoms with E-state index in [1.54, 1.807) is 18.3 Å². The van der Waals surface area contributed by atoms with Crippen LogP contribution in [0.5, 0.6) is 17.2 Å². The molecule has 8 aromatic rings. The third-order valence-electron chi connectivity index (χ3n) is 16.4. The summed E-state index contributed by atoms with van der Waals surface area (Å²) >= 11 is 12.9. The fourth-order valence-corrected chi connectivity index (χ4v) is 13.3. The van der Waals surface area contributed by atoms with Crippen molar-refractivity contribution in [2.75, 3.05) is 44.2 Å². The SMILES string of the molecule is CC1(C)CCC(CN2CCN(c3ccc(C(=O)NS(=O)(=O)c4ccc(OCC5(F)CCC(C#N)CC5)c(Cl)c4)c(Oc4cccc5c4cnn5C(c4ccccc4)(c4ccccc4)c4ccccc4)c3)CC2)=C(c2ccc(Cl)cc2)C1. The maximum absolute atomic E-state index is 15.6. The summed E-state index contributed by atoms with van der Waals surface area (Å²) in [5.74, 6) is -0.487. The molecule has 11 nitrogen and oxygen atoms in total. The zero-order valence-corrected chi connectivity index (χ0v) is 47.7. The average molecular weight is 1140 g/mol. The second kappa shape index (κ2) is 23.2. The highest BCUT2D eigenvalue weighted by Crippen LogP contribution is 2.46. The van der Waals surface area contributed by atoms with E-state index in [-0.39, 0.29) is 57.8 Å². The van der Waals surface area contributed by atoms with Crippen molar-refractivity contribution in [3.05, 3.63) is 219 Å². The lowest BCUT2D eigenvalue weighted by molar-refractivity contribution is 0.0395. The number of nitrogens with one attached hydrogen (secondary N) is 1. The molecule has 0 radical (unpaired) electrons. The van der Waals surface area contributed by atoms with E-state index < -0.39 is 27.1 Å². The maximum atomic E-state index is 15.6. The molecule has 1 saturated heterocycles. The van der Waals surface area contributed by atoms with E-state index in [4.69, 9.17) is 37.8 Å².